The molecule has 0 unspecified atom stereocenters. The highest BCUT2D eigenvalue weighted by Crippen LogP contribution is 2.61. The van der Waals surface area contributed by atoms with Crippen molar-refractivity contribution in [1.82, 2.24) is 0 Å². The molecule has 9 aromatic carbocycles. The number of rotatable bonds is 2. The van der Waals surface area contributed by atoms with Crippen molar-refractivity contribution in [3.63, 3.8) is 0 Å². The lowest BCUT2D eigenvalue weighted by atomic mass is 9.78. The molecule has 2 aliphatic rings. The van der Waals surface area contributed by atoms with Crippen LogP contribution in [0.15, 0.2) is 167 Å². The number of hydrogen-bond acceptors (Lipinski definition) is 2. The average molecular weight is 743 g/mol. The van der Waals surface area contributed by atoms with Gasteiger partial charge in [0.05, 0.1) is 0 Å². The number of fused-ring (bicyclic) bond motifs is 16. The van der Waals surface area contributed by atoms with Crippen LogP contribution in [0.3, 0.4) is 0 Å². The van der Waals surface area contributed by atoms with Crippen LogP contribution in [0.1, 0.15) is 49.9 Å². The molecule has 0 atom stereocenters. The Kier molecular flexibility index (Phi) is 6.07. The smallest absolute Gasteiger partial charge is 0.144 e. The third-order valence-corrected chi connectivity index (χ3v) is 13.8. The zero-order valence-corrected chi connectivity index (χ0v) is 32.8. The summed E-state index contributed by atoms with van der Waals surface area (Å²) in [6.07, 6.45) is 0. The summed E-state index contributed by atoms with van der Waals surface area (Å²) in [5, 5.41) is 9.65. The van der Waals surface area contributed by atoms with Gasteiger partial charge in [-0.2, -0.15) is 0 Å². The van der Waals surface area contributed by atoms with Crippen LogP contribution in [0.4, 0.5) is 0 Å². The molecule has 0 N–H and O–H groups in total. The average Bonchev–Trinajstić information content (AvgIpc) is 3.95. The molecule has 2 aliphatic carbocycles. The molecule has 0 saturated carbocycles. The van der Waals surface area contributed by atoms with Gasteiger partial charge in [0.25, 0.3) is 0 Å². The Morgan fingerprint density at radius 2 is 0.759 bits per heavy atom. The Morgan fingerprint density at radius 1 is 0.328 bits per heavy atom. The molecule has 0 saturated heterocycles. The standard InChI is InChI=1S/C56H38O2/c1-55(2)43-30-42-44(29-41(43)50-45(55)28-40(36-24-14-18-32-16-6-8-20-34(32)36)53-52(50)38-22-10-12-26-48(38)57-53)56(3,4)46-27-39(35-23-13-17-31-15-5-7-19-33(31)35)49-37-21-9-11-25-47(37)58-54(49)51(42)46/h5-30H,1-4H3. The van der Waals surface area contributed by atoms with Gasteiger partial charge in [0.15, 0.2) is 0 Å². The van der Waals surface area contributed by atoms with Crippen molar-refractivity contribution in [2.75, 3.05) is 0 Å². The second-order valence-electron chi connectivity index (χ2n) is 17.5. The van der Waals surface area contributed by atoms with Gasteiger partial charge in [0, 0.05) is 43.5 Å². The predicted molar refractivity (Wildman–Crippen MR) is 242 cm³/mol. The minimum atomic E-state index is -0.292. The number of hydrogen-bond donors (Lipinski definition) is 0. The fraction of sp³-hybridized carbons (Fsp3) is 0.107. The molecule has 13 rings (SSSR count). The molecule has 2 nitrogen and oxygen atoms in total. The molecule has 0 aliphatic heterocycles. The van der Waals surface area contributed by atoms with Crippen molar-refractivity contribution < 1.29 is 8.83 Å². The number of benzene rings is 9. The summed E-state index contributed by atoms with van der Waals surface area (Å²) in [7, 11) is 0. The van der Waals surface area contributed by atoms with E-state index in [0.29, 0.717) is 0 Å². The second-order valence-corrected chi connectivity index (χ2v) is 17.5. The molecular weight excluding hydrogens is 705 g/mol. The van der Waals surface area contributed by atoms with Crippen LogP contribution in [0.2, 0.25) is 0 Å². The molecule has 0 amide bonds. The van der Waals surface area contributed by atoms with Gasteiger partial charge in [-0.05, 0) is 114 Å². The number of para-hydroxylation sites is 2. The van der Waals surface area contributed by atoms with Crippen molar-refractivity contribution in [1.29, 1.82) is 0 Å². The molecule has 2 aromatic heterocycles. The lowest BCUT2D eigenvalue weighted by molar-refractivity contribution is 0.649. The highest BCUT2D eigenvalue weighted by Gasteiger charge is 2.45. The van der Waals surface area contributed by atoms with Gasteiger partial charge >= 0.3 is 0 Å². The molecule has 0 spiro atoms. The zero-order valence-electron chi connectivity index (χ0n) is 32.8. The molecule has 2 heterocycles. The first-order valence-corrected chi connectivity index (χ1v) is 20.4. The normalized spacial score (nSPS) is 14.8. The van der Waals surface area contributed by atoms with E-state index in [0.717, 1.165) is 38.7 Å². The molecule has 0 bridgehead atoms. The Morgan fingerprint density at radius 3 is 1.38 bits per heavy atom. The summed E-state index contributed by atoms with van der Waals surface area (Å²) in [6, 6.07) is 57.9. The van der Waals surface area contributed by atoms with Crippen LogP contribution in [0.5, 0.6) is 0 Å². The maximum atomic E-state index is 7.04. The summed E-state index contributed by atoms with van der Waals surface area (Å²) in [4.78, 5) is 0. The second kappa shape index (κ2) is 10.9. The quantitative estimate of drug-likeness (QED) is 0.176. The summed E-state index contributed by atoms with van der Waals surface area (Å²) in [5.41, 5.74) is 18.4. The van der Waals surface area contributed by atoms with E-state index in [-0.39, 0.29) is 10.8 Å². The minimum absolute atomic E-state index is 0.283. The zero-order chi connectivity index (χ0) is 38.7. The van der Waals surface area contributed by atoms with E-state index in [1.54, 1.807) is 0 Å². The largest absolute Gasteiger partial charge is 0.455 e. The van der Waals surface area contributed by atoms with Gasteiger partial charge in [-0.25, -0.2) is 0 Å². The topological polar surface area (TPSA) is 26.3 Å². The highest BCUT2D eigenvalue weighted by atomic mass is 16.3. The Hall–Kier alpha value is -6.90. The summed E-state index contributed by atoms with van der Waals surface area (Å²) < 4.78 is 14.0. The van der Waals surface area contributed by atoms with Gasteiger partial charge in [0.2, 0.25) is 0 Å². The lowest BCUT2D eigenvalue weighted by Crippen LogP contribution is -2.17. The monoisotopic (exact) mass is 742 g/mol. The van der Waals surface area contributed by atoms with Gasteiger partial charge < -0.3 is 8.83 Å². The van der Waals surface area contributed by atoms with E-state index in [2.05, 4.69) is 185 Å². The summed E-state index contributed by atoms with van der Waals surface area (Å²) >= 11 is 0. The van der Waals surface area contributed by atoms with E-state index in [9.17, 15) is 0 Å². The molecule has 274 valence electrons. The third-order valence-electron chi connectivity index (χ3n) is 13.8. The lowest BCUT2D eigenvalue weighted by Gasteiger charge is -2.24. The predicted octanol–water partition coefficient (Wildman–Crippen LogP) is 15.7. The van der Waals surface area contributed by atoms with Gasteiger partial charge in [-0.15, -0.1) is 0 Å². The maximum Gasteiger partial charge on any atom is 0.144 e. The Labute approximate surface area is 336 Å². The summed E-state index contributed by atoms with van der Waals surface area (Å²) in [5.74, 6) is 0. The molecule has 0 radical (unpaired) electrons. The van der Waals surface area contributed by atoms with Crippen LogP contribution in [0, 0.1) is 0 Å². The first-order chi connectivity index (χ1) is 28.3. The van der Waals surface area contributed by atoms with Crippen LogP contribution in [-0.4, -0.2) is 0 Å². The van der Waals surface area contributed by atoms with E-state index in [1.807, 2.05) is 0 Å². The first-order valence-electron chi connectivity index (χ1n) is 20.4. The van der Waals surface area contributed by atoms with E-state index < -0.39 is 0 Å². The van der Waals surface area contributed by atoms with Gasteiger partial charge in [0.1, 0.15) is 22.3 Å². The third kappa shape index (κ3) is 3.97. The molecule has 0 fully saturated rings. The fourth-order valence-corrected chi connectivity index (χ4v) is 11.0. The minimum Gasteiger partial charge on any atom is -0.455 e. The van der Waals surface area contributed by atoms with Crippen LogP contribution in [-0.2, 0) is 10.8 Å². The van der Waals surface area contributed by atoms with Crippen LogP contribution >= 0.6 is 0 Å². The van der Waals surface area contributed by atoms with E-state index in [1.165, 1.54) is 93.5 Å². The number of furan rings is 2. The van der Waals surface area contributed by atoms with Crippen molar-refractivity contribution in [2.24, 2.45) is 0 Å². The molecule has 11 aromatic rings. The Bertz CT molecular complexity index is 3610. The van der Waals surface area contributed by atoms with Crippen LogP contribution in [0.25, 0.3) is 110 Å². The first kappa shape index (κ1) is 32.2. The molecule has 2 heteroatoms. The van der Waals surface area contributed by atoms with E-state index in [4.69, 9.17) is 8.83 Å². The fourth-order valence-electron chi connectivity index (χ4n) is 11.0. The molecule has 58 heavy (non-hydrogen) atoms. The van der Waals surface area contributed by atoms with Crippen molar-refractivity contribution in [2.45, 2.75) is 38.5 Å². The maximum absolute atomic E-state index is 7.04. The highest BCUT2D eigenvalue weighted by molar-refractivity contribution is 6.22. The van der Waals surface area contributed by atoms with Crippen molar-refractivity contribution in [3.8, 4) is 44.5 Å². The SMILES string of the molecule is CC1(C)c2cc3c(cc2-c2c1cc(-c1cccc4ccccc14)c1c2oc2ccccc21)C(C)(C)c1cc(-c2cccc4ccccc24)c2oc4ccccc4c2c1-3. The van der Waals surface area contributed by atoms with Crippen molar-refractivity contribution in [3.05, 3.63) is 180 Å². The van der Waals surface area contributed by atoms with Gasteiger partial charge in [-0.1, -0.05) is 149 Å². The molecular formula is C56H38O2. The van der Waals surface area contributed by atoms with Gasteiger partial charge in [-0.3, -0.25) is 0 Å². The van der Waals surface area contributed by atoms with Crippen molar-refractivity contribution >= 4 is 65.4 Å². The van der Waals surface area contributed by atoms with E-state index >= 15 is 0 Å². The Balaban J connectivity index is 1.12. The van der Waals surface area contributed by atoms with Crippen LogP contribution < -0.4 is 0 Å². The summed E-state index contributed by atoms with van der Waals surface area (Å²) in [6.45, 7) is 9.62.